The first-order valence-electron chi connectivity index (χ1n) is 9.00. The van der Waals surface area contributed by atoms with Gasteiger partial charge < -0.3 is 4.74 Å². The van der Waals surface area contributed by atoms with Gasteiger partial charge in [0.15, 0.2) is 0 Å². The summed E-state index contributed by atoms with van der Waals surface area (Å²) in [5.74, 6) is 1.10. The van der Waals surface area contributed by atoms with Gasteiger partial charge in [-0.25, -0.2) is 4.98 Å². The summed E-state index contributed by atoms with van der Waals surface area (Å²) in [7, 11) is 2.22. The van der Waals surface area contributed by atoms with Crippen molar-refractivity contribution in [3.8, 4) is 11.9 Å². The maximum absolute atomic E-state index is 8.82. The van der Waals surface area contributed by atoms with Crippen molar-refractivity contribution in [2.75, 3.05) is 33.3 Å². The highest BCUT2D eigenvalue weighted by Gasteiger charge is 2.51. The van der Waals surface area contributed by atoms with Crippen molar-refractivity contribution in [1.82, 2.24) is 25.0 Å². The topological polar surface area (TPSA) is 81.1 Å². The minimum absolute atomic E-state index is 0.275. The summed E-state index contributed by atoms with van der Waals surface area (Å²) < 4.78 is 5.85. The number of ether oxygens (including phenoxy) is 1. The van der Waals surface area contributed by atoms with E-state index >= 15 is 0 Å². The summed E-state index contributed by atoms with van der Waals surface area (Å²) >= 11 is 0. The second kappa shape index (κ2) is 6.71. The van der Waals surface area contributed by atoms with Crippen LogP contribution in [0.3, 0.4) is 0 Å². The van der Waals surface area contributed by atoms with Crippen molar-refractivity contribution < 1.29 is 4.74 Å². The molecule has 0 aliphatic carbocycles. The summed E-state index contributed by atoms with van der Waals surface area (Å²) in [6.07, 6.45) is 2.70. The number of hydrogen-bond acceptors (Lipinski definition) is 6. The van der Waals surface area contributed by atoms with E-state index in [1.54, 1.807) is 18.3 Å². The number of likely N-dealkylation sites (tertiary alicyclic amines) is 2. The smallest absolute Gasteiger partial charge is 0.213 e. The fraction of sp³-hybridized carbons (Fsp3) is 0.526. The summed E-state index contributed by atoms with van der Waals surface area (Å²) in [6, 6.07) is 7.69. The van der Waals surface area contributed by atoms with Gasteiger partial charge >= 0.3 is 0 Å². The highest BCUT2D eigenvalue weighted by atomic mass is 16.5. The zero-order valence-electron chi connectivity index (χ0n) is 15.3. The Labute approximate surface area is 153 Å². The van der Waals surface area contributed by atoms with Gasteiger partial charge in [0.1, 0.15) is 6.07 Å². The highest BCUT2D eigenvalue weighted by molar-refractivity contribution is 5.28. The lowest BCUT2D eigenvalue weighted by atomic mass is 9.84. The Kier molecular flexibility index (Phi) is 4.39. The molecule has 0 radical (unpaired) electrons. The first-order chi connectivity index (χ1) is 12.6. The molecule has 136 valence electrons. The van der Waals surface area contributed by atoms with Gasteiger partial charge in [-0.1, -0.05) is 0 Å². The molecular weight excluding hydrogens is 328 g/mol. The van der Waals surface area contributed by atoms with Gasteiger partial charge in [-0.2, -0.15) is 10.4 Å². The van der Waals surface area contributed by atoms with Crippen LogP contribution in [0, 0.1) is 24.2 Å². The van der Waals surface area contributed by atoms with E-state index in [9.17, 15) is 0 Å². The van der Waals surface area contributed by atoms with Crippen LogP contribution < -0.4 is 4.74 Å². The molecule has 0 unspecified atom stereocenters. The average molecular weight is 352 g/mol. The standard InChI is InChI=1S/C19H24N6O/c1-14-5-17(23-22-14)10-25-12-19(13-25)6-16(9-24(19)2)11-26-18-4-3-15(7-20)8-21-18/h3-5,8,16H,6,9-13H2,1-2H3,(H,22,23)/t16-/m1/s1. The summed E-state index contributed by atoms with van der Waals surface area (Å²) in [6.45, 7) is 6.83. The monoisotopic (exact) mass is 352 g/mol. The van der Waals surface area contributed by atoms with E-state index in [0.29, 0.717) is 24.0 Å². The second-order valence-corrected chi connectivity index (χ2v) is 7.67. The Morgan fingerprint density at radius 1 is 1.42 bits per heavy atom. The summed E-state index contributed by atoms with van der Waals surface area (Å²) in [5.41, 5.74) is 3.06. The van der Waals surface area contributed by atoms with E-state index in [1.165, 1.54) is 0 Å². The zero-order chi connectivity index (χ0) is 18.1. The van der Waals surface area contributed by atoms with Crippen LogP contribution in [0.5, 0.6) is 5.88 Å². The normalized spacial score (nSPS) is 22.3. The van der Waals surface area contributed by atoms with E-state index in [4.69, 9.17) is 10.00 Å². The lowest BCUT2D eigenvalue weighted by molar-refractivity contribution is -0.0229. The van der Waals surface area contributed by atoms with Gasteiger partial charge in [0, 0.05) is 55.6 Å². The molecule has 4 rings (SSSR count). The molecule has 7 nitrogen and oxygen atoms in total. The number of nitrogens with one attached hydrogen (secondary N) is 1. The van der Waals surface area contributed by atoms with E-state index < -0.39 is 0 Å². The minimum Gasteiger partial charge on any atom is -0.477 e. The maximum Gasteiger partial charge on any atom is 0.213 e. The summed E-state index contributed by atoms with van der Waals surface area (Å²) in [5, 5.41) is 16.2. The summed E-state index contributed by atoms with van der Waals surface area (Å²) in [4.78, 5) is 9.13. The Morgan fingerprint density at radius 3 is 2.92 bits per heavy atom. The van der Waals surface area contributed by atoms with E-state index in [-0.39, 0.29) is 5.54 Å². The number of nitrogens with zero attached hydrogens (tertiary/aromatic N) is 5. The molecule has 26 heavy (non-hydrogen) atoms. The number of pyridine rings is 1. The molecule has 2 saturated heterocycles. The number of nitriles is 1. The van der Waals surface area contributed by atoms with Crippen LogP contribution in [0.4, 0.5) is 0 Å². The molecule has 0 aromatic carbocycles. The number of likely N-dealkylation sites (N-methyl/N-ethyl adjacent to an activating group) is 1. The first kappa shape index (κ1) is 17.0. The van der Waals surface area contributed by atoms with Crippen LogP contribution in [-0.4, -0.2) is 63.8 Å². The Hall–Kier alpha value is -2.43. The molecule has 1 spiro atoms. The van der Waals surface area contributed by atoms with Gasteiger partial charge in [-0.3, -0.25) is 14.9 Å². The van der Waals surface area contributed by atoms with Crippen molar-refractivity contribution in [2.24, 2.45) is 5.92 Å². The van der Waals surface area contributed by atoms with Crippen LogP contribution >= 0.6 is 0 Å². The molecule has 2 aliphatic rings. The third kappa shape index (κ3) is 3.30. The molecule has 0 amide bonds. The van der Waals surface area contributed by atoms with Crippen molar-refractivity contribution in [3.63, 3.8) is 0 Å². The lowest BCUT2D eigenvalue weighted by Gasteiger charge is -2.52. The maximum atomic E-state index is 8.82. The Bertz CT molecular complexity index is 802. The second-order valence-electron chi connectivity index (χ2n) is 7.67. The molecule has 1 atom stereocenters. The quantitative estimate of drug-likeness (QED) is 0.880. The van der Waals surface area contributed by atoms with Crippen LogP contribution in [0.15, 0.2) is 24.4 Å². The average Bonchev–Trinajstić information content (AvgIpc) is 3.16. The fourth-order valence-electron chi connectivity index (χ4n) is 4.24. The molecule has 2 fully saturated rings. The number of rotatable bonds is 5. The number of aromatic nitrogens is 3. The number of hydrogen-bond donors (Lipinski definition) is 1. The number of aromatic amines is 1. The van der Waals surface area contributed by atoms with Crippen LogP contribution in [-0.2, 0) is 6.54 Å². The fourth-order valence-corrected chi connectivity index (χ4v) is 4.24. The molecule has 7 heteroatoms. The van der Waals surface area contributed by atoms with Crippen LogP contribution in [0.25, 0.3) is 0 Å². The molecule has 1 N–H and O–H groups in total. The minimum atomic E-state index is 0.275. The van der Waals surface area contributed by atoms with Gasteiger partial charge in [0.05, 0.1) is 17.9 Å². The molecule has 0 bridgehead atoms. The molecule has 4 heterocycles. The zero-order valence-corrected chi connectivity index (χ0v) is 15.3. The molecule has 2 aliphatic heterocycles. The predicted octanol–water partition coefficient (Wildman–Crippen LogP) is 1.57. The third-order valence-electron chi connectivity index (χ3n) is 5.52. The van der Waals surface area contributed by atoms with E-state index in [0.717, 1.165) is 44.0 Å². The first-order valence-corrected chi connectivity index (χ1v) is 9.00. The van der Waals surface area contributed by atoms with Crippen LogP contribution in [0.1, 0.15) is 23.4 Å². The van der Waals surface area contributed by atoms with Gasteiger partial charge in [0.2, 0.25) is 5.88 Å². The van der Waals surface area contributed by atoms with Crippen molar-refractivity contribution >= 4 is 0 Å². The Morgan fingerprint density at radius 2 is 2.27 bits per heavy atom. The SMILES string of the molecule is Cc1cc(CN2CC3(C[C@@H](COc4ccc(C#N)cn4)CN3C)C2)n[nH]1. The van der Waals surface area contributed by atoms with Crippen molar-refractivity contribution in [3.05, 3.63) is 41.3 Å². The van der Waals surface area contributed by atoms with Crippen LogP contribution in [0.2, 0.25) is 0 Å². The molecule has 2 aromatic rings. The van der Waals surface area contributed by atoms with Crippen molar-refractivity contribution in [1.29, 1.82) is 5.26 Å². The van der Waals surface area contributed by atoms with Crippen molar-refractivity contribution in [2.45, 2.75) is 25.4 Å². The van der Waals surface area contributed by atoms with E-state index in [1.807, 2.05) is 6.92 Å². The van der Waals surface area contributed by atoms with E-state index in [2.05, 4.69) is 44.2 Å². The molecular formula is C19H24N6O. The largest absolute Gasteiger partial charge is 0.477 e. The number of H-pyrrole nitrogens is 1. The van der Waals surface area contributed by atoms with Gasteiger partial charge in [0.25, 0.3) is 0 Å². The third-order valence-corrected chi connectivity index (χ3v) is 5.52. The lowest BCUT2D eigenvalue weighted by Crippen LogP contribution is -2.66. The predicted molar refractivity (Wildman–Crippen MR) is 96.5 cm³/mol. The van der Waals surface area contributed by atoms with Gasteiger partial charge in [-0.15, -0.1) is 0 Å². The van der Waals surface area contributed by atoms with Gasteiger partial charge in [-0.05, 0) is 32.5 Å². The molecule has 2 aromatic heterocycles. The Balaban J connectivity index is 1.27. The number of aryl methyl sites for hydroxylation is 1. The highest BCUT2D eigenvalue weighted by Crippen LogP contribution is 2.39. The molecule has 0 saturated carbocycles.